The van der Waals surface area contributed by atoms with Crippen LogP contribution in [0, 0.1) is 40.3 Å². The number of hydrogen-bond acceptors (Lipinski definition) is 7. The van der Waals surface area contributed by atoms with Crippen LogP contribution in [0.25, 0.3) is 10.8 Å². The number of ketones is 1. The SMILES string of the molecule is C[C@]12CCC(=O)C[C@@H]1CC[C@@H]1[C@@H]2CC[C@]2(C)C(OCCCOCC(=O)N3CCN(C(=O)c4cc(Cc5n[nH]c(=O)c6ccccc56)ccc4F)CC3)CC[C@@H]12. The van der Waals surface area contributed by atoms with Crippen LogP contribution in [0.2, 0.25) is 0 Å². The second-order valence-electron chi connectivity index (χ2n) is 17.5. The number of nitrogens with zero attached hydrogens (tertiary/aromatic N) is 3. The number of rotatable bonds is 10. The number of amides is 2. The molecule has 10 nitrogen and oxygen atoms in total. The fourth-order valence-corrected chi connectivity index (χ4v) is 11.6. The van der Waals surface area contributed by atoms with Crippen molar-refractivity contribution in [3.05, 3.63) is 75.5 Å². The predicted octanol–water partition coefficient (Wildman–Crippen LogP) is 6.34. The highest BCUT2D eigenvalue weighted by molar-refractivity contribution is 5.95. The van der Waals surface area contributed by atoms with E-state index in [0.717, 1.165) is 43.9 Å². The smallest absolute Gasteiger partial charge is 0.272 e. The molecule has 11 heteroatoms. The highest BCUT2D eigenvalue weighted by Crippen LogP contribution is 2.66. The summed E-state index contributed by atoms with van der Waals surface area (Å²) in [7, 11) is 0. The molecule has 294 valence electrons. The fourth-order valence-electron chi connectivity index (χ4n) is 11.6. The molecule has 1 unspecified atom stereocenters. The molecule has 0 radical (unpaired) electrons. The number of nitrogens with one attached hydrogen (secondary N) is 1. The average molecular weight is 755 g/mol. The first-order chi connectivity index (χ1) is 26.5. The van der Waals surface area contributed by atoms with Crippen molar-refractivity contribution >= 4 is 28.4 Å². The number of piperazine rings is 1. The fraction of sp³-hybridized carbons (Fsp3) is 0.614. The van der Waals surface area contributed by atoms with Gasteiger partial charge in [-0.15, -0.1) is 0 Å². The van der Waals surface area contributed by atoms with Crippen LogP contribution in [0.4, 0.5) is 4.39 Å². The van der Waals surface area contributed by atoms with Crippen LogP contribution in [-0.4, -0.2) is 89.7 Å². The zero-order chi connectivity index (χ0) is 38.3. The number of H-pyrrole nitrogens is 1. The molecule has 2 heterocycles. The van der Waals surface area contributed by atoms with Crippen molar-refractivity contribution in [2.75, 3.05) is 46.0 Å². The van der Waals surface area contributed by atoms with Crippen LogP contribution in [0.5, 0.6) is 0 Å². The summed E-state index contributed by atoms with van der Waals surface area (Å²) in [5, 5.41) is 7.98. The Hall–Kier alpha value is -3.96. The molecule has 4 aliphatic carbocycles. The number of carbonyl (C=O) groups excluding carboxylic acids is 3. The van der Waals surface area contributed by atoms with Gasteiger partial charge in [0.2, 0.25) is 5.91 Å². The van der Waals surface area contributed by atoms with Gasteiger partial charge >= 0.3 is 0 Å². The van der Waals surface area contributed by atoms with Crippen molar-refractivity contribution < 1.29 is 28.2 Å². The Morgan fingerprint density at radius 2 is 1.65 bits per heavy atom. The van der Waals surface area contributed by atoms with Crippen molar-refractivity contribution in [2.45, 2.75) is 90.6 Å². The van der Waals surface area contributed by atoms with Gasteiger partial charge in [0.1, 0.15) is 18.2 Å². The van der Waals surface area contributed by atoms with Gasteiger partial charge in [-0.3, -0.25) is 19.2 Å². The number of halogens is 1. The largest absolute Gasteiger partial charge is 0.378 e. The van der Waals surface area contributed by atoms with E-state index >= 15 is 0 Å². The van der Waals surface area contributed by atoms with E-state index < -0.39 is 11.7 Å². The number of benzene rings is 2. The van der Waals surface area contributed by atoms with Crippen LogP contribution < -0.4 is 5.56 Å². The number of Topliss-reactive ketones (excluding diaryl/α,β-unsaturated/α-hetero) is 1. The van der Waals surface area contributed by atoms with E-state index in [2.05, 4.69) is 24.0 Å². The lowest BCUT2D eigenvalue weighted by atomic mass is 9.45. The van der Waals surface area contributed by atoms with E-state index in [9.17, 15) is 23.6 Å². The Balaban J connectivity index is 0.761. The Morgan fingerprint density at radius 1 is 0.891 bits per heavy atom. The second-order valence-corrected chi connectivity index (χ2v) is 17.5. The molecule has 1 aliphatic heterocycles. The molecule has 1 N–H and O–H groups in total. The minimum Gasteiger partial charge on any atom is -0.378 e. The molecule has 5 fully saturated rings. The minimum atomic E-state index is -0.603. The quantitative estimate of drug-likeness (QED) is 0.240. The monoisotopic (exact) mass is 754 g/mol. The summed E-state index contributed by atoms with van der Waals surface area (Å²) in [6.07, 6.45) is 11.2. The Kier molecular flexibility index (Phi) is 10.7. The third-order valence-electron chi connectivity index (χ3n) is 14.7. The van der Waals surface area contributed by atoms with Crippen molar-refractivity contribution in [2.24, 2.45) is 34.5 Å². The molecule has 4 saturated carbocycles. The van der Waals surface area contributed by atoms with Crippen LogP contribution in [0.1, 0.15) is 99.7 Å². The zero-order valence-corrected chi connectivity index (χ0v) is 32.3. The maximum Gasteiger partial charge on any atom is 0.272 e. The van der Waals surface area contributed by atoms with Gasteiger partial charge < -0.3 is 19.3 Å². The first kappa shape index (κ1) is 37.9. The molecule has 2 aromatic carbocycles. The maximum absolute atomic E-state index is 15.0. The summed E-state index contributed by atoms with van der Waals surface area (Å²) >= 11 is 0. The standard InChI is InChI=1S/C44H55FN4O6/c1-43-16-14-30(50)26-29(43)9-10-33-35-11-13-39(44(35,2)17-15-36(33)43)55-23-5-22-54-27-40(51)48-18-20-49(21-19-48)42(53)34-24-28(8-12-37(34)45)25-38-31-6-3-4-7-32(31)41(52)47-46-38/h3-4,6-8,12,24,29,33,35-36,39H,5,9-11,13-23,25-27H2,1-2H3,(H,47,52)/t29-,33-,35-,36-,39?,43-,44-/m0/s1. The van der Waals surface area contributed by atoms with Gasteiger partial charge in [-0.25, -0.2) is 9.49 Å². The lowest BCUT2D eigenvalue weighted by molar-refractivity contribution is -0.145. The first-order valence-electron chi connectivity index (χ1n) is 20.6. The third kappa shape index (κ3) is 7.27. The van der Waals surface area contributed by atoms with Crippen LogP contribution in [-0.2, 0) is 25.5 Å². The van der Waals surface area contributed by atoms with Gasteiger partial charge in [0.15, 0.2) is 0 Å². The molecule has 8 rings (SSSR count). The molecule has 0 spiro atoms. The number of hydrogen-bond donors (Lipinski definition) is 1. The number of fused-ring (bicyclic) bond motifs is 6. The molecule has 0 bridgehead atoms. The topological polar surface area (TPSA) is 122 Å². The van der Waals surface area contributed by atoms with Crippen molar-refractivity contribution in [3.63, 3.8) is 0 Å². The third-order valence-corrected chi connectivity index (χ3v) is 14.7. The maximum atomic E-state index is 15.0. The summed E-state index contributed by atoms with van der Waals surface area (Å²) in [6, 6.07) is 11.6. The van der Waals surface area contributed by atoms with Crippen LogP contribution in [0.15, 0.2) is 47.3 Å². The summed E-state index contributed by atoms with van der Waals surface area (Å²) in [5.41, 5.74) is 1.57. The summed E-state index contributed by atoms with van der Waals surface area (Å²) < 4.78 is 27.3. The molecule has 7 atom stereocenters. The molecule has 1 aromatic heterocycles. The number of aromatic amines is 1. The van der Waals surface area contributed by atoms with Crippen molar-refractivity contribution in [3.8, 4) is 0 Å². The molecule has 3 aromatic rings. The van der Waals surface area contributed by atoms with Gasteiger partial charge in [0.25, 0.3) is 11.5 Å². The van der Waals surface area contributed by atoms with E-state index in [-0.39, 0.29) is 35.2 Å². The minimum absolute atomic E-state index is 0.0181. The lowest BCUT2D eigenvalue weighted by Gasteiger charge is -2.60. The number of ether oxygens (including phenoxy) is 2. The first-order valence-corrected chi connectivity index (χ1v) is 20.6. The van der Waals surface area contributed by atoms with E-state index in [0.29, 0.717) is 90.9 Å². The Morgan fingerprint density at radius 3 is 2.47 bits per heavy atom. The molecule has 55 heavy (non-hydrogen) atoms. The van der Waals surface area contributed by atoms with Gasteiger partial charge in [0, 0.05) is 64.0 Å². The van der Waals surface area contributed by atoms with Crippen molar-refractivity contribution in [1.82, 2.24) is 20.0 Å². The Bertz CT molecular complexity index is 1990. The normalized spacial score (nSPS) is 30.5. The van der Waals surface area contributed by atoms with Gasteiger partial charge in [-0.05, 0) is 110 Å². The Labute approximate surface area is 322 Å². The van der Waals surface area contributed by atoms with Gasteiger partial charge in [0.05, 0.1) is 22.7 Å². The molecule has 5 aliphatic rings. The second kappa shape index (κ2) is 15.5. The summed E-state index contributed by atoms with van der Waals surface area (Å²) in [4.78, 5) is 54.1. The van der Waals surface area contributed by atoms with Crippen LogP contribution in [0.3, 0.4) is 0 Å². The van der Waals surface area contributed by atoms with E-state index in [1.807, 2.05) is 12.1 Å². The lowest BCUT2D eigenvalue weighted by Crippen LogP contribution is -2.54. The number of carbonyl (C=O) groups is 3. The molecule has 2 amide bonds. The zero-order valence-electron chi connectivity index (χ0n) is 32.3. The van der Waals surface area contributed by atoms with Crippen molar-refractivity contribution in [1.29, 1.82) is 0 Å². The average Bonchev–Trinajstić information content (AvgIpc) is 3.54. The molecule has 1 saturated heterocycles. The molecular formula is C44H55FN4O6. The summed E-state index contributed by atoms with van der Waals surface area (Å²) in [6.45, 7) is 7.33. The number of aromatic nitrogens is 2. The highest BCUT2D eigenvalue weighted by atomic mass is 19.1. The predicted molar refractivity (Wildman–Crippen MR) is 206 cm³/mol. The van der Waals surface area contributed by atoms with Crippen LogP contribution >= 0.6 is 0 Å². The van der Waals surface area contributed by atoms with E-state index in [1.54, 1.807) is 34.1 Å². The summed E-state index contributed by atoms with van der Waals surface area (Å²) in [5.74, 6) is 2.12. The molecular weight excluding hydrogens is 700 g/mol. The van der Waals surface area contributed by atoms with E-state index in [4.69, 9.17) is 9.47 Å². The van der Waals surface area contributed by atoms with Gasteiger partial charge in [-0.2, -0.15) is 5.10 Å². The van der Waals surface area contributed by atoms with E-state index in [1.165, 1.54) is 38.2 Å². The van der Waals surface area contributed by atoms with Gasteiger partial charge in [-0.1, -0.05) is 38.1 Å². The highest BCUT2D eigenvalue weighted by Gasteiger charge is 2.60.